The normalized spacial score (nSPS) is 13.4. The van der Waals surface area contributed by atoms with Gasteiger partial charge in [0.25, 0.3) is 0 Å². The lowest BCUT2D eigenvalue weighted by Gasteiger charge is -2.01. The van der Waals surface area contributed by atoms with Crippen LogP contribution in [0.5, 0.6) is 0 Å². The van der Waals surface area contributed by atoms with E-state index in [1.807, 2.05) is 0 Å². The van der Waals surface area contributed by atoms with Gasteiger partial charge in [-0.05, 0) is 6.42 Å². The summed E-state index contributed by atoms with van der Waals surface area (Å²) in [7, 11) is 0. The Balaban J connectivity index is 2.50. The molecule has 0 aromatic carbocycles. The Morgan fingerprint density at radius 3 is 3.10 bits per heavy atom. The lowest BCUT2D eigenvalue weighted by atomic mass is 10.2. The number of halogens is 1. The lowest BCUT2D eigenvalue weighted by Crippen LogP contribution is -1.95. The topological polar surface area (TPSA) is 46.3 Å². The van der Waals surface area contributed by atoms with Gasteiger partial charge in [0, 0.05) is 5.88 Å². The molecule has 1 unspecified atom stereocenters. The predicted octanol–water partition coefficient (Wildman–Crippen LogP) is 1.34. The zero-order valence-corrected chi connectivity index (χ0v) is 6.08. The van der Waals surface area contributed by atoms with Crippen LogP contribution in [0, 0.1) is 0 Å². The van der Waals surface area contributed by atoms with Gasteiger partial charge in [0.1, 0.15) is 6.10 Å². The number of oxazole rings is 1. The fourth-order valence-corrected chi connectivity index (χ4v) is 0.842. The van der Waals surface area contributed by atoms with Crippen LogP contribution >= 0.6 is 11.6 Å². The second-order valence-electron chi connectivity index (χ2n) is 1.90. The summed E-state index contributed by atoms with van der Waals surface area (Å²) >= 11 is 5.39. The molecule has 1 rings (SSSR count). The average molecular weight is 162 g/mol. The van der Waals surface area contributed by atoms with Gasteiger partial charge in [0.05, 0.1) is 6.20 Å². The molecular weight excluding hydrogens is 154 g/mol. The van der Waals surface area contributed by atoms with Gasteiger partial charge >= 0.3 is 0 Å². The quantitative estimate of drug-likeness (QED) is 0.681. The minimum absolute atomic E-state index is 0.419. The summed E-state index contributed by atoms with van der Waals surface area (Å²) in [5.74, 6) is 0.891. The second kappa shape index (κ2) is 3.58. The molecule has 0 saturated carbocycles. The van der Waals surface area contributed by atoms with Gasteiger partial charge in [0.15, 0.2) is 12.2 Å². The standard InChI is InChI=1S/C6H8ClNO2/c7-2-1-5(9)6-3-8-4-10-6/h3-5,9H,1-2H2. The first kappa shape index (κ1) is 7.57. The Morgan fingerprint density at radius 1 is 1.80 bits per heavy atom. The number of aliphatic hydroxyl groups is 1. The highest BCUT2D eigenvalue weighted by atomic mass is 35.5. The number of rotatable bonds is 3. The second-order valence-corrected chi connectivity index (χ2v) is 2.28. The zero-order chi connectivity index (χ0) is 7.40. The van der Waals surface area contributed by atoms with Gasteiger partial charge in [-0.2, -0.15) is 0 Å². The van der Waals surface area contributed by atoms with E-state index in [9.17, 15) is 5.11 Å². The van der Waals surface area contributed by atoms with Crippen molar-refractivity contribution >= 4 is 11.6 Å². The molecule has 10 heavy (non-hydrogen) atoms. The molecule has 3 nitrogen and oxygen atoms in total. The summed E-state index contributed by atoms with van der Waals surface area (Å²) in [4.78, 5) is 3.66. The van der Waals surface area contributed by atoms with Crippen LogP contribution in [0.15, 0.2) is 17.0 Å². The van der Waals surface area contributed by atoms with E-state index in [-0.39, 0.29) is 0 Å². The third-order valence-corrected chi connectivity index (χ3v) is 1.38. The molecule has 0 saturated heterocycles. The number of hydrogen-bond donors (Lipinski definition) is 1. The molecule has 4 heteroatoms. The van der Waals surface area contributed by atoms with Gasteiger partial charge in [-0.3, -0.25) is 0 Å². The SMILES string of the molecule is OC(CCCl)c1cnco1. The molecule has 1 N–H and O–H groups in total. The Morgan fingerprint density at radius 2 is 2.60 bits per heavy atom. The summed E-state index contributed by atoms with van der Waals surface area (Å²) in [6, 6.07) is 0. The average Bonchev–Trinajstić information content (AvgIpc) is 2.38. The number of aromatic nitrogens is 1. The molecule has 56 valence electrons. The maximum Gasteiger partial charge on any atom is 0.180 e. The van der Waals surface area contributed by atoms with Crippen molar-refractivity contribution in [3.8, 4) is 0 Å². The Bertz CT molecular complexity index is 176. The van der Waals surface area contributed by atoms with Crippen LogP contribution in [-0.4, -0.2) is 16.0 Å². The van der Waals surface area contributed by atoms with Crippen molar-refractivity contribution in [1.29, 1.82) is 0 Å². The highest BCUT2D eigenvalue weighted by molar-refractivity contribution is 6.17. The number of nitrogens with zero attached hydrogens (tertiary/aromatic N) is 1. The smallest absolute Gasteiger partial charge is 0.180 e. The zero-order valence-electron chi connectivity index (χ0n) is 5.33. The van der Waals surface area contributed by atoms with Crippen molar-refractivity contribution in [3.05, 3.63) is 18.4 Å². The maximum absolute atomic E-state index is 9.19. The molecule has 1 aromatic rings. The van der Waals surface area contributed by atoms with Crippen molar-refractivity contribution in [2.75, 3.05) is 5.88 Å². The van der Waals surface area contributed by atoms with E-state index >= 15 is 0 Å². The summed E-state index contributed by atoms with van der Waals surface area (Å²) < 4.78 is 4.83. The molecule has 1 aromatic heterocycles. The number of hydrogen-bond acceptors (Lipinski definition) is 3. The van der Waals surface area contributed by atoms with E-state index < -0.39 is 6.10 Å². The Labute approximate surface area is 63.6 Å². The highest BCUT2D eigenvalue weighted by Crippen LogP contribution is 2.15. The molecule has 0 fully saturated rings. The molecule has 0 aliphatic heterocycles. The molecule has 0 radical (unpaired) electrons. The minimum atomic E-state index is -0.611. The van der Waals surface area contributed by atoms with Crippen LogP contribution < -0.4 is 0 Å². The third kappa shape index (κ3) is 1.72. The Kier molecular flexibility index (Phi) is 2.71. The molecule has 0 bridgehead atoms. The predicted molar refractivity (Wildman–Crippen MR) is 36.8 cm³/mol. The van der Waals surface area contributed by atoms with E-state index in [1.165, 1.54) is 12.6 Å². The summed E-state index contributed by atoms with van der Waals surface area (Å²) in [5, 5.41) is 9.19. The highest BCUT2D eigenvalue weighted by Gasteiger charge is 2.08. The summed E-state index contributed by atoms with van der Waals surface area (Å²) in [6.07, 6.45) is 2.65. The van der Waals surface area contributed by atoms with Gasteiger partial charge in [-0.1, -0.05) is 0 Å². The molecule has 1 heterocycles. The maximum atomic E-state index is 9.19. The monoisotopic (exact) mass is 161 g/mol. The molecule has 0 amide bonds. The van der Waals surface area contributed by atoms with Crippen molar-refractivity contribution in [1.82, 2.24) is 4.98 Å². The third-order valence-electron chi connectivity index (χ3n) is 1.16. The first-order valence-corrected chi connectivity index (χ1v) is 3.50. The van der Waals surface area contributed by atoms with Crippen LogP contribution in [-0.2, 0) is 0 Å². The van der Waals surface area contributed by atoms with Crippen molar-refractivity contribution < 1.29 is 9.52 Å². The van der Waals surface area contributed by atoms with Crippen LogP contribution in [0.4, 0.5) is 0 Å². The largest absolute Gasteiger partial charge is 0.446 e. The van der Waals surface area contributed by atoms with E-state index in [0.717, 1.165) is 0 Å². The fourth-order valence-electron chi connectivity index (χ4n) is 0.636. The van der Waals surface area contributed by atoms with E-state index in [0.29, 0.717) is 18.1 Å². The molecule has 0 spiro atoms. The fraction of sp³-hybridized carbons (Fsp3) is 0.500. The Hall–Kier alpha value is -0.540. The van der Waals surface area contributed by atoms with Gasteiger partial charge in [0.2, 0.25) is 0 Å². The van der Waals surface area contributed by atoms with Gasteiger partial charge in [-0.25, -0.2) is 4.98 Å². The molecule has 0 aliphatic rings. The van der Waals surface area contributed by atoms with Crippen molar-refractivity contribution in [2.45, 2.75) is 12.5 Å². The van der Waals surface area contributed by atoms with Crippen LogP contribution in [0.3, 0.4) is 0 Å². The van der Waals surface area contributed by atoms with E-state index in [2.05, 4.69) is 4.98 Å². The first-order chi connectivity index (χ1) is 4.84. The molecule has 0 aliphatic carbocycles. The number of aliphatic hydroxyl groups excluding tert-OH is 1. The number of alkyl halides is 1. The van der Waals surface area contributed by atoms with Crippen LogP contribution in [0.2, 0.25) is 0 Å². The van der Waals surface area contributed by atoms with Crippen LogP contribution in [0.25, 0.3) is 0 Å². The van der Waals surface area contributed by atoms with Crippen molar-refractivity contribution in [3.63, 3.8) is 0 Å². The van der Waals surface area contributed by atoms with Gasteiger partial charge in [-0.15, -0.1) is 11.6 Å². The summed E-state index contributed by atoms with van der Waals surface area (Å²) in [5.41, 5.74) is 0. The van der Waals surface area contributed by atoms with Gasteiger partial charge < -0.3 is 9.52 Å². The first-order valence-electron chi connectivity index (χ1n) is 2.97. The lowest BCUT2D eigenvalue weighted by molar-refractivity contribution is 0.146. The summed E-state index contributed by atoms with van der Waals surface area (Å²) in [6.45, 7) is 0. The molecule has 1 atom stereocenters. The minimum Gasteiger partial charge on any atom is -0.446 e. The van der Waals surface area contributed by atoms with E-state index in [1.54, 1.807) is 0 Å². The van der Waals surface area contributed by atoms with E-state index in [4.69, 9.17) is 16.0 Å². The molecular formula is C6H8ClNO2. The van der Waals surface area contributed by atoms with Crippen LogP contribution in [0.1, 0.15) is 18.3 Å². The van der Waals surface area contributed by atoms with Crippen molar-refractivity contribution in [2.24, 2.45) is 0 Å².